The fourth-order valence-electron chi connectivity index (χ4n) is 8.50. The number of carbonyl (C=O) groups is 1. The van der Waals surface area contributed by atoms with Crippen LogP contribution in [0.2, 0.25) is 0 Å². The van der Waals surface area contributed by atoms with E-state index in [0.717, 1.165) is 89.9 Å². The number of carbonyl (C=O) groups excluding carboxylic acids is 1. The van der Waals surface area contributed by atoms with Gasteiger partial charge in [0, 0.05) is 13.0 Å². The van der Waals surface area contributed by atoms with Gasteiger partial charge in [-0.25, -0.2) is 0 Å². The second-order valence-electron chi connectivity index (χ2n) is 19.4. The van der Waals surface area contributed by atoms with Gasteiger partial charge in [0.25, 0.3) is 0 Å². The smallest absolute Gasteiger partial charge is 0.306 e. The Morgan fingerprint density at radius 3 is 1.33 bits per heavy atom. The summed E-state index contributed by atoms with van der Waals surface area (Å²) in [7, 11) is 0. The molecule has 69 heavy (non-hydrogen) atoms. The third-order valence-electron chi connectivity index (χ3n) is 12.9. The Morgan fingerprint density at radius 1 is 0.478 bits per heavy atom. The van der Waals surface area contributed by atoms with Crippen molar-refractivity contribution >= 4 is 5.97 Å². The molecule has 9 nitrogen and oxygen atoms in total. The average Bonchev–Trinajstić information content (AvgIpc) is 3.35. The summed E-state index contributed by atoms with van der Waals surface area (Å²) in [6.07, 6.45) is 60.9. The van der Waals surface area contributed by atoms with Crippen LogP contribution in [-0.2, 0) is 23.7 Å². The Labute approximate surface area is 423 Å². The first-order valence-corrected chi connectivity index (χ1v) is 28.5. The highest BCUT2D eigenvalue weighted by atomic mass is 16.7. The average molecular weight is 971 g/mol. The van der Waals surface area contributed by atoms with Crippen molar-refractivity contribution in [2.75, 3.05) is 26.4 Å². The predicted molar refractivity (Wildman–Crippen MR) is 288 cm³/mol. The van der Waals surface area contributed by atoms with Gasteiger partial charge in [0.05, 0.1) is 19.8 Å². The quantitative estimate of drug-likeness (QED) is 0.0267. The maximum Gasteiger partial charge on any atom is 0.306 e. The van der Waals surface area contributed by atoms with E-state index in [2.05, 4.69) is 86.8 Å². The number of hydrogen-bond acceptors (Lipinski definition) is 9. The molecule has 6 unspecified atom stereocenters. The van der Waals surface area contributed by atoms with Crippen LogP contribution in [0.25, 0.3) is 0 Å². The van der Waals surface area contributed by atoms with Crippen LogP contribution in [0.5, 0.6) is 0 Å². The van der Waals surface area contributed by atoms with E-state index < -0.39 is 43.4 Å². The van der Waals surface area contributed by atoms with Crippen LogP contribution < -0.4 is 0 Å². The Morgan fingerprint density at radius 2 is 0.884 bits per heavy atom. The number of allylic oxidation sites excluding steroid dienone is 12. The topological polar surface area (TPSA) is 135 Å². The maximum absolute atomic E-state index is 12.9. The highest BCUT2D eigenvalue weighted by Crippen LogP contribution is 2.23. The molecule has 0 bridgehead atoms. The number of rotatable bonds is 49. The molecule has 0 aliphatic carbocycles. The van der Waals surface area contributed by atoms with Gasteiger partial charge in [0.1, 0.15) is 30.5 Å². The lowest BCUT2D eigenvalue weighted by Crippen LogP contribution is -2.59. The van der Waals surface area contributed by atoms with Crippen molar-refractivity contribution in [3.63, 3.8) is 0 Å². The molecule has 0 amide bonds. The first-order chi connectivity index (χ1) is 33.9. The number of esters is 1. The summed E-state index contributed by atoms with van der Waals surface area (Å²) in [5.74, 6) is -0.318. The number of hydrogen-bond donors (Lipinski definition) is 4. The van der Waals surface area contributed by atoms with Gasteiger partial charge in [-0.3, -0.25) is 4.79 Å². The van der Waals surface area contributed by atoms with Gasteiger partial charge >= 0.3 is 5.97 Å². The minimum absolute atomic E-state index is 0.123. The highest BCUT2D eigenvalue weighted by Gasteiger charge is 2.44. The Bertz CT molecular complexity index is 1290. The van der Waals surface area contributed by atoms with Gasteiger partial charge in [-0.2, -0.15) is 0 Å². The van der Waals surface area contributed by atoms with Crippen molar-refractivity contribution in [1.29, 1.82) is 0 Å². The van der Waals surface area contributed by atoms with Crippen molar-refractivity contribution < 1.29 is 44.2 Å². The minimum Gasteiger partial charge on any atom is -0.457 e. The highest BCUT2D eigenvalue weighted by molar-refractivity contribution is 5.69. The lowest BCUT2D eigenvalue weighted by Gasteiger charge is -2.39. The van der Waals surface area contributed by atoms with Gasteiger partial charge in [-0.05, 0) is 64.2 Å². The van der Waals surface area contributed by atoms with Crippen molar-refractivity contribution in [3.05, 3.63) is 72.9 Å². The van der Waals surface area contributed by atoms with Gasteiger partial charge in [-0.15, -0.1) is 0 Å². The summed E-state index contributed by atoms with van der Waals surface area (Å²) >= 11 is 0. The molecule has 1 heterocycles. The molecule has 6 atom stereocenters. The SMILES string of the molecule is CC/C=C\C/C=C\C/C=C\C/C=C\C/C=C\C/C=C\CCCCCCCOCC(COC1OC(CO)C(O)C(O)C1O)OC(=O)CCCCCCCCCCCCCCCCCCCCCCCC. The normalized spacial score (nSPS) is 19.5. The zero-order valence-corrected chi connectivity index (χ0v) is 44.3. The van der Waals surface area contributed by atoms with Crippen molar-refractivity contribution in [2.45, 2.75) is 275 Å². The molecule has 1 aliphatic rings. The molecule has 9 heteroatoms. The molecular weight excluding hydrogens is 865 g/mol. The fraction of sp³-hybridized carbons (Fsp3) is 0.783. The maximum atomic E-state index is 12.9. The first-order valence-electron chi connectivity index (χ1n) is 28.5. The van der Waals surface area contributed by atoms with Crippen LogP contribution in [0.4, 0.5) is 0 Å². The van der Waals surface area contributed by atoms with Crippen molar-refractivity contribution in [3.8, 4) is 0 Å². The first kappa shape index (κ1) is 64.6. The lowest BCUT2D eigenvalue weighted by molar-refractivity contribution is -0.305. The fourth-order valence-corrected chi connectivity index (χ4v) is 8.50. The Hall–Kier alpha value is -2.37. The molecule has 1 fully saturated rings. The van der Waals surface area contributed by atoms with Crippen LogP contribution in [0.15, 0.2) is 72.9 Å². The zero-order valence-electron chi connectivity index (χ0n) is 44.3. The largest absolute Gasteiger partial charge is 0.457 e. The predicted octanol–water partition coefficient (Wildman–Crippen LogP) is 14.8. The molecule has 400 valence electrons. The molecule has 4 N–H and O–H groups in total. The second-order valence-corrected chi connectivity index (χ2v) is 19.4. The van der Waals surface area contributed by atoms with Gasteiger partial charge in [0.2, 0.25) is 0 Å². The van der Waals surface area contributed by atoms with Crippen LogP contribution in [0, 0.1) is 0 Å². The standard InChI is InChI=1S/C60H106O9/c1-3-5-7-9-11-13-15-17-19-21-23-25-27-28-30-32-34-36-38-40-42-44-46-48-50-66-52-54(53-67-60-59(65)58(64)57(63)55(51-61)69-60)68-56(62)49-47-45-43-41-39-37-35-33-31-29-26-24-22-20-18-16-14-12-10-8-6-4-2/h5,7,11,13,17,19,23,25,28,30,34,36,54-55,57-61,63-65H,3-4,6,8-10,12,14-16,18,20-22,24,26-27,29,31-33,35,37-53H2,1-2H3/b7-5-,13-11-,19-17-,25-23-,30-28-,36-34-. The third-order valence-corrected chi connectivity index (χ3v) is 12.9. The molecular formula is C60H106O9. The van der Waals surface area contributed by atoms with E-state index in [-0.39, 0.29) is 19.2 Å². The van der Waals surface area contributed by atoms with Crippen molar-refractivity contribution in [2.24, 2.45) is 0 Å². The summed E-state index contributed by atoms with van der Waals surface area (Å²) in [6, 6.07) is 0. The summed E-state index contributed by atoms with van der Waals surface area (Å²) < 4.78 is 22.9. The van der Waals surface area contributed by atoms with Gasteiger partial charge < -0.3 is 39.4 Å². The van der Waals surface area contributed by atoms with Crippen LogP contribution in [0.1, 0.15) is 239 Å². The number of ether oxygens (including phenoxy) is 4. The van der Waals surface area contributed by atoms with Crippen LogP contribution >= 0.6 is 0 Å². The number of aliphatic hydroxyl groups excluding tert-OH is 4. The minimum atomic E-state index is -1.54. The summed E-state index contributed by atoms with van der Waals surface area (Å²) in [5, 5.41) is 40.3. The second kappa shape index (κ2) is 50.6. The van der Waals surface area contributed by atoms with E-state index >= 15 is 0 Å². The van der Waals surface area contributed by atoms with Gasteiger partial charge in [0.15, 0.2) is 6.29 Å². The van der Waals surface area contributed by atoms with E-state index in [0.29, 0.717) is 13.0 Å². The van der Waals surface area contributed by atoms with Gasteiger partial charge in [-0.1, -0.05) is 241 Å². The molecule has 1 aliphatic heterocycles. The molecule has 0 aromatic heterocycles. The van der Waals surface area contributed by atoms with E-state index in [4.69, 9.17) is 18.9 Å². The number of aliphatic hydroxyl groups is 4. The Balaban J connectivity index is 2.19. The van der Waals surface area contributed by atoms with E-state index in [9.17, 15) is 25.2 Å². The molecule has 0 aromatic carbocycles. The third kappa shape index (κ3) is 40.9. The molecule has 1 rings (SSSR count). The summed E-state index contributed by atoms with van der Waals surface area (Å²) in [4.78, 5) is 12.9. The zero-order chi connectivity index (χ0) is 49.9. The number of unbranched alkanes of at least 4 members (excludes halogenated alkanes) is 26. The van der Waals surface area contributed by atoms with E-state index in [1.54, 1.807) is 0 Å². The molecule has 0 aromatic rings. The monoisotopic (exact) mass is 971 g/mol. The molecule has 1 saturated heterocycles. The summed E-state index contributed by atoms with van der Waals surface area (Å²) in [5.41, 5.74) is 0. The molecule has 0 radical (unpaired) electrons. The molecule has 0 saturated carbocycles. The van der Waals surface area contributed by atoms with Crippen LogP contribution in [-0.4, -0.2) is 89.6 Å². The van der Waals surface area contributed by atoms with Crippen molar-refractivity contribution in [1.82, 2.24) is 0 Å². The summed E-state index contributed by atoms with van der Waals surface area (Å²) in [6.45, 7) is 4.43. The molecule has 0 spiro atoms. The van der Waals surface area contributed by atoms with E-state index in [1.807, 2.05) is 0 Å². The lowest BCUT2D eigenvalue weighted by atomic mass is 9.99. The van der Waals surface area contributed by atoms with Crippen LogP contribution in [0.3, 0.4) is 0 Å². The van der Waals surface area contributed by atoms with E-state index in [1.165, 1.54) is 128 Å². The Kier molecular flexibility index (Phi) is 47.4.